The highest BCUT2D eigenvalue weighted by molar-refractivity contribution is 6.31. The minimum atomic E-state index is -0.427. The van der Waals surface area contributed by atoms with Gasteiger partial charge < -0.3 is 5.32 Å². The maximum Gasteiger partial charge on any atom is 0.252 e. The van der Waals surface area contributed by atoms with Crippen LogP contribution in [-0.4, -0.2) is 11.9 Å². The zero-order valence-electron chi connectivity index (χ0n) is 9.96. The Labute approximate surface area is 106 Å². The molecule has 0 radical (unpaired) electrons. The van der Waals surface area contributed by atoms with Crippen molar-refractivity contribution in [2.24, 2.45) is 0 Å². The highest BCUT2D eigenvalue weighted by atomic mass is 35.5. The van der Waals surface area contributed by atoms with Crippen molar-refractivity contribution in [1.82, 2.24) is 5.32 Å². The number of nitrogens with one attached hydrogen (secondary N) is 1. The van der Waals surface area contributed by atoms with Gasteiger partial charge in [-0.15, -0.1) is 0 Å². The predicted molar refractivity (Wildman–Crippen MR) is 68.0 cm³/mol. The van der Waals surface area contributed by atoms with Gasteiger partial charge in [-0.2, -0.15) is 5.26 Å². The summed E-state index contributed by atoms with van der Waals surface area (Å²) in [7, 11) is 0. The molecule has 0 aromatic heterocycles. The summed E-state index contributed by atoms with van der Waals surface area (Å²) in [5, 5.41) is 12.2. The Morgan fingerprint density at radius 2 is 2.29 bits per heavy atom. The molecule has 0 aliphatic carbocycles. The Morgan fingerprint density at radius 3 is 2.82 bits per heavy atom. The van der Waals surface area contributed by atoms with Crippen LogP contribution in [0, 0.1) is 18.3 Å². The monoisotopic (exact) mass is 250 g/mol. The van der Waals surface area contributed by atoms with Crippen LogP contribution in [0.2, 0.25) is 5.02 Å². The first-order valence-electron chi connectivity index (χ1n) is 5.55. The molecule has 4 heteroatoms. The van der Waals surface area contributed by atoms with Crippen molar-refractivity contribution in [2.75, 3.05) is 0 Å². The van der Waals surface area contributed by atoms with Gasteiger partial charge in [-0.1, -0.05) is 24.9 Å². The van der Waals surface area contributed by atoms with Crippen LogP contribution in [0.4, 0.5) is 0 Å². The molecule has 0 heterocycles. The number of halogens is 1. The van der Waals surface area contributed by atoms with E-state index in [1.54, 1.807) is 18.2 Å². The van der Waals surface area contributed by atoms with Crippen LogP contribution in [0.3, 0.4) is 0 Å². The molecule has 0 saturated carbocycles. The topological polar surface area (TPSA) is 52.9 Å². The molecule has 1 unspecified atom stereocenters. The van der Waals surface area contributed by atoms with Crippen molar-refractivity contribution in [1.29, 1.82) is 5.26 Å². The fourth-order valence-corrected chi connectivity index (χ4v) is 1.60. The van der Waals surface area contributed by atoms with E-state index in [9.17, 15) is 4.79 Å². The van der Waals surface area contributed by atoms with E-state index in [4.69, 9.17) is 16.9 Å². The Balaban J connectivity index is 2.76. The van der Waals surface area contributed by atoms with Crippen LogP contribution < -0.4 is 5.32 Å². The summed E-state index contributed by atoms with van der Waals surface area (Å²) in [6, 6.07) is 6.71. The molecule has 1 amide bonds. The van der Waals surface area contributed by atoms with Gasteiger partial charge in [0, 0.05) is 10.6 Å². The lowest BCUT2D eigenvalue weighted by atomic mass is 10.1. The molecule has 0 saturated heterocycles. The van der Waals surface area contributed by atoms with Crippen molar-refractivity contribution in [2.45, 2.75) is 32.7 Å². The van der Waals surface area contributed by atoms with Gasteiger partial charge in [0.15, 0.2) is 0 Å². The van der Waals surface area contributed by atoms with Gasteiger partial charge in [0.25, 0.3) is 5.91 Å². The summed E-state index contributed by atoms with van der Waals surface area (Å²) in [5.41, 5.74) is 1.38. The van der Waals surface area contributed by atoms with E-state index in [0.29, 0.717) is 17.0 Å². The lowest BCUT2D eigenvalue weighted by molar-refractivity contribution is 0.0944. The van der Waals surface area contributed by atoms with Crippen LogP contribution in [-0.2, 0) is 0 Å². The van der Waals surface area contributed by atoms with Crippen LogP contribution in [0.15, 0.2) is 18.2 Å². The number of carbonyl (C=O) groups excluding carboxylic acids is 1. The molecule has 1 N–H and O–H groups in total. The van der Waals surface area contributed by atoms with E-state index in [2.05, 4.69) is 11.4 Å². The summed E-state index contributed by atoms with van der Waals surface area (Å²) in [4.78, 5) is 11.8. The minimum absolute atomic E-state index is 0.232. The average molecular weight is 251 g/mol. The second-order valence-corrected chi connectivity index (χ2v) is 4.31. The number of rotatable bonds is 4. The molecule has 3 nitrogen and oxygen atoms in total. The van der Waals surface area contributed by atoms with Crippen molar-refractivity contribution >= 4 is 17.5 Å². The summed E-state index contributed by atoms with van der Waals surface area (Å²) in [6.07, 6.45) is 1.52. The van der Waals surface area contributed by atoms with E-state index in [-0.39, 0.29) is 5.91 Å². The van der Waals surface area contributed by atoms with E-state index in [1.807, 2.05) is 13.8 Å². The third kappa shape index (κ3) is 3.76. The number of benzene rings is 1. The Morgan fingerprint density at radius 1 is 1.59 bits per heavy atom. The van der Waals surface area contributed by atoms with Crippen molar-refractivity contribution in [3.05, 3.63) is 34.3 Å². The third-order valence-corrected chi connectivity index (χ3v) is 2.88. The van der Waals surface area contributed by atoms with E-state index >= 15 is 0 Å². The Hall–Kier alpha value is -1.53. The number of nitriles is 1. The Kier molecular flexibility index (Phi) is 4.99. The van der Waals surface area contributed by atoms with E-state index in [1.165, 1.54) is 0 Å². The summed E-state index contributed by atoms with van der Waals surface area (Å²) >= 11 is 5.88. The smallest absolute Gasteiger partial charge is 0.252 e. The van der Waals surface area contributed by atoms with Gasteiger partial charge in [0.2, 0.25) is 0 Å². The quantitative estimate of drug-likeness (QED) is 0.893. The number of aryl methyl sites for hydroxylation is 1. The summed E-state index contributed by atoms with van der Waals surface area (Å²) in [6.45, 7) is 3.82. The average Bonchev–Trinajstić information content (AvgIpc) is 2.31. The van der Waals surface area contributed by atoms with Crippen LogP contribution >= 0.6 is 11.6 Å². The first-order chi connectivity index (χ1) is 8.08. The maximum absolute atomic E-state index is 11.8. The molecule has 0 fully saturated rings. The molecule has 1 aromatic carbocycles. The van der Waals surface area contributed by atoms with E-state index < -0.39 is 6.04 Å². The molecule has 0 spiro atoms. The Bertz CT molecular complexity index is 451. The van der Waals surface area contributed by atoms with Gasteiger partial charge in [-0.3, -0.25) is 4.79 Å². The number of hydrogen-bond donors (Lipinski definition) is 1. The molecule has 17 heavy (non-hydrogen) atoms. The predicted octanol–water partition coefficient (Wildman–Crippen LogP) is 3.07. The molecule has 0 aliphatic heterocycles. The number of nitrogens with zero attached hydrogens (tertiary/aromatic N) is 1. The van der Waals surface area contributed by atoms with Gasteiger partial charge >= 0.3 is 0 Å². The van der Waals surface area contributed by atoms with Gasteiger partial charge in [0.1, 0.15) is 6.04 Å². The van der Waals surface area contributed by atoms with Gasteiger partial charge in [-0.25, -0.2) is 0 Å². The lowest BCUT2D eigenvalue weighted by Crippen LogP contribution is -2.33. The maximum atomic E-state index is 11.8. The molecule has 0 bridgehead atoms. The largest absolute Gasteiger partial charge is 0.336 e. The fourth-order valence-electron chi connectivity index (χ4n) is 1.49. The van der Waals surface area contributed by atoms with Crippen LogP contribution in [0.25, 0.3) is 0 Å². The second-order valence-electron chi connectivity index (χ2n) is 3.91. The number of amides is 1. The highest BCUT2D eigenvalue weighted by Gasteiger charge is 2.12. The first kappa shape index (κ1) is 13.5. The van der Waals surface area contributed by atoms with Crippen LogP contribution in [0.1, 0.15) is 35.7 Å². The molecule has 1 aromatic rings. The SMILES string of the molecule is CCCC(C#N)NC(=O)c1ccc(Cl)c(C)c1. The number of carbonyl (C=O) groups is 1. The molecule has 1 rings (SSSR count). The summed E-state index contributed by atoms with van der Waals surface area (Å²) in [5.74, 6) is -0.232. The molecule has 1 atom stereocenters. The molecular weight excluding hydrogens is 236 g/mol. The zero-order chi connectivity index (χ0) is 12.8. The highest BCUT2D eigenvalue weighted by Crippen LogP contribution is 2.16. The van der Waals surface area contributed by atoms with E-state index in [0.717, 1.165) is 12.0 Å². The zero-order valence-corrected chi connectivity index (χ0v) is 10.7. The van der Waals surface area contributed by atoms with Gasteiger partial charge in [-0.05, 0) is 37.1 Å². The van der Waals surface area contributed by atoms with Crippen molar-refractivity contribution < 1.29 is 4.79 Å². The van der Waals surface area contributed by atoms with Gasteiger partial charge in [0.05, 0.1) is 6.07 Å². The van der Waals surface area contributed by atoms with Crippen molar-refractivity contribution in [3.8, 4) is 6.07 Å². The lowest BCUT2D eigenvalue weighted by Gasteiger charge is -2.11. The fraction of sp³-hybridized carbons (Fsp3) is 0.385. The first-order valence-corrected chi connectivity index (χ1v) is 5.93. The van der Waals surface area contributed by atoms with Crippen molar-refractivity contribution in [3.63, 3.8) is 0 Å². The number of hydrogen-bond acceptors (Lipinski definition) is 2. The normalized spacial score (nSPS) is 11.6. The standard InChI is InChI=1S/C13H15ClN2O/c1-3-4-11(8-15)16-13(17)10-5-6-12(14)9(2)7-10/h5-7,11H,3-4H2,1-2H3,(H,16,17). The second kappa shape index (κ2) is 6.27. The minimum Gasteiger partial charge on any atom is -0.336 e. The molecule has 0 aliphatic rings. The molecule has 90 valence electrons. The molecular formula is C13H15ClN2O. The van der Waals surface area contributed by atoms with Crippen LogP contribution in [0.5, 0.6) is 0 Å². The third-order valence-electron chi connectivity index (χ3n) is 2.46. The summed E-state index contributed by atoms with van der Waals surface area (Å²) < 4.78 is 0.